The van der Waals surface area contributed by atoms with Gasteiger partial charge >= 0.3 is 6.03 Å². The maximum Gasteiger partial charge on any atom is 0.318 e. The van der Waals surface area contributed by atoms with Gasteiger partial charge in [0.2, 0.25) is 5.91 Å². The van der Waals surface area contributed by atoms with Crippen LogP contribution >= 0.6 is 0 Å². The first-order valence-electron chi connectivity index (χ1n) is 7.63. The number of nitrogens with one attached hydrogen (secondary N) is 1. The van der Waals surface area contributed by atoms with Crippen molar-refractivity contribution in [3.8, 4) is 0 Å². The van der Waals surface area contributed by atoms with Crippen LogP contribution in [0.15, 0.2) is 0 Å². The zero-order chi connectivity index (χ0) is 14.5. The Morgan fingerprint density at radius 2 is 1.80 bits per heavy atom. The summed E-state index contributed by atoms with van der Waals surface area (Å²) in [4.78, 5) is 27.2. The van der Waals surface area contributed by atoms with Gasteiger partial charge < -0.3 is 10.6 Å². The first-order chi connectivity index (χ1) is 9.56. The summed E-state index contributed by atoms with van der Waals surface area (Å²) in [6, 6.07) is -1.05. The van der Waals surface area contributed by atoms with Crippen LogP contribution in [0.25, 0.3) is 0 Å². The SMILES string of the molecule is C[C@H](C(=O)NC(N)=O)N1CCC(CN2CCCC2)CC1. The van der Waals surface area contributed by atoms with Crippen LogP contribution in [0.2, 0.25) is 0 Å². The number of imide groups is 1. The van der Waals surface area contributed by atoms with Gasteiger partial charge in [0, 0.05) is 6.54 Å². The number of amides is 3. The van der Waals surface area contributed by atoms with Crippen LogP contribution in [-0.4, -0.2) is 60.5 Å². The summed E-state index contributed by atoms with van der Waals surface area (Å²) in [5.74, 6) is 0.450. The van der Waals surface area contributed by atoms with Crippen LogP contribution in [0.5, 0.6) is 0 Å². The number of hydrogen-bond donors (Lipinski definition) is 2. The zero-order valence-electron chi connectivity index (χ0n) is 12.3. The number of piperidine rings is 1. The molecule has 2 saturated heterocycles. The molecule has 2 aliphatic heterocycles. The van der Waals surface area contributed by atoms with E-state index in [2.05, 4.69) is 15.1 Å². The number of urea groups is 1. The molecule has 0 unspecified atom stereocenters. The van der Waals surface area contributed by atoms with Gasteiger partial charge in [0.25, 0.3) is 0 Å². The zero-order valence-corrected chi connectivity index (χ0v) is 12.3. The van der Waals surface area contributed by atoms with E-state index in [-0.39, 0.29) is 11.9 Å². The number of primary amides is 1. The molecule has 0 aromatic carbocycles. The Labute approximate surface area is 120 Å². The molecule has 6 nitrogen and oxygen atoms in total. The van der Waals surface area contributed by atoms with Crippen molar-refractivity contribution in [1.82, 2.24) is 15.1 Å². The van der Waals surface area contributed by atoms with E-state index >= 15 is 0 Å². The van der Waals surface area contributed by atoms with E-state index in [0.717, 1.165) is 31.8 Å². The minimum Gasteiger partial charge on any atom is -0.351 e. The van der Waals surface area contributed by atoms with E-state index in [1.54, 1.807) is 0 Å². The second kappa shape index (κ2) is 7.04. The molecular weight excluding hydrogens is 256 g/mol. The summed E-state index contributed by atoms with van der Waals surface area (Å²) < 4.78 is 0. The Hall–Kier alpha value is -1.14. The smallest absolute Gasteiger partial charge is 0.318 e. The molecule has 0 aliphatic carbocycles. The molecule has 2 aliphatic rings. The Morgan fingerprint density at radius 3 is 2.35 bits per heavy atom. The third kappa shape index (κ3) is 4.18. The highest BCUT2D eigenvalue weighted by atomic mass is 16.2. The van der Waals surface area contributed by atoms with Gasteiger partial charge in [-0.15, -0.1) is 0 Å². The number of nitrogens with two attached hydrogens (primary N) is 1. The summed E-state index contributed by atoms with van der Waals surface area (Å²) in [6.07, 6.45) is 4.93. The monoisotopic (exact) mass is 282 g/mol. The van der Waals surface area contributed by atoms with Crippen molar-refractivity contribution in [3.05, 3.63) is 0 Å². The molecule has 3 amide bonds. The molecule has 2 fully saturated rings. The lowest BCUT2D eigenvalue weighted by atomic mass is 9.95. The quantitative estimate of drug-likeness (QED) is 0.781. The Kier molecular flexibility index (Phi) is 5.37. The average molecular weight is 282 g/mol. The van der Waals surface area contributed by atoms with Crippen molar-refractivity contribution in [3.63, 3.8) is 0 Å². The number of carbonyl (C=O) groups excluding carboxylic acids is 2. The van der Waals surface area contributed by atoms with Crippen molar-refractivity contribution >= 4 is 11.9 Å². The van der Waals surface area contributed by atoms with Crippen LogP contribution in [0.3, 0.4) is 0 Å². The Bertz CT molecular complexity index is 347. The summed E-state index contributed by atoms with van der Waals surface area (Å²) >= 11 is 0. The number of nitrogens with zero attached hydrogens (tertiary/aromatic N) is 2. The van der Waals surface area contributed by atoms with E-state index in [4.69, 9.17) is 5.73 Å². The standard InChI is InChI=1S/C14H26N4O2/c1-11(13(19)16-14(15)20)18-8-4-12(5-9-18)10-17-6-2-3-7-17/h11-12H,2-10H2,1H3,(H3,15,16,19,20)/t11-/m1/s1. The van der Waals surface area contributed by atoms with Crippen LogP contribution in [0, 0.1) is 5.92 Å². The van der Waals surface area contributed by atoms with Gasteiger partial charge in [-0.3, -0.25) is 15.0 Å². The predicted molar refractivity (Wildman–Crippen MR) is 77.2 cm³/mol. The minimum absolute atomic E-state index is 0.282. The van der Waals surface area contributed by atoms with Gasteiger partial charge in [-0.25, -0.2) is 4.79 Å². The van der Waals surface area contributed by atoms with Crippen LogP contribution in [0.4, 0.5) is 4.79 Å². The van der Waals surface area contributed by atoms with Crippen molar-refractivity contribution < 1.29 is 9.59 Å². The predicted octanol–water partition coefficient (Wildman–Crippen LogP) is 0.378. The molecule has 0 spiro atoms. The van der Waals surface area contributed by atoms with Crippen LogP contribution in [-0.2, 0) is 4.79 Å². The fourth-order valence-electron chi connectivity index (χ4n) is 3.24. The molecule has 0 bridgehead atoms. The maximum atomic E-state index is 11.8. The number of hydrogen-bond acceptors (Lipinski definition) is 4. The van der Waals surface area contributed by atoms with E-state index in [1.807, 2.05) is 6.92 Å². The molecule has 114 valence electrons. The molecule has 6 heteroatoms. The summed E-state index contributed by atoms with van der Waals surface area (Å²) in [5.41, 5.74) is 4.98. The maximum absolute atomic E-state index is 11.8. The summed E-state index contributed by atoms with van der Waals surface area (Å²) in [6.45, 7) is 7.38. The normalized spacial score (nSPS) is 23.6. The van der Waals surface area contributed by atoms with Gasteiger partial charge in [0.1, 0.15) is 0 Å². The molecule has 2 rings (SSSR count). The topological polar surface area (TPSA) is 78.7 Å². The third-order valence-corrected chi connectivity index (χ3v) is 4.54. The highest BCUT2D eigenvalue weighted by molar-refractivity contribution is 5.96. The lowest BCUT2D eigenvalue weighted by Crippen LogP contribution is -2.51. The largest absolute Gasteiger partial charge is 0.351 e. The number of likely N-dealkylation sites (tertiary alicyclic amines) is 2. The molecule has 20 heavy (non-hydrogen) atoms. The van der Waals surface area contributed by atoms with E-state index in [0.29, 0.717) is 0 Å². The van der Waals surface area contributed by atoms with Gasteiger partial charge in [0.15, 0.2) is 0 Å². The molecule has 0 saturated carbocycles. The number of carbonyl (C=O) groups is 2. The second-order valence-corrected chi connectivity index (χ2v) is 6.02. The lowest BCUT2D eigenvalue weighted by molar-refractivity contribution is -0.125. The molecule has 0 radical (unpaired) electrons. The van der Waals surface area contributed by atoms with Crippen molar-refractivity contribution in [2.75, 3.05) is 32.7 Å². The molecule has 1 atom stereocenters. The first kappa shape index (κ1) is 15.3. The van der Waals surface area contributed by atoms with Crippen molar-refractivity contribution in [2.45, 2.75) is 38.6 Å². The molecular formula is C14H26N4O2. The fourth-order valence-corrected chi connectivity index (χ4v) is 3.24. The first-order valence-corrected chi connectivity index (χ1v) is 7.63. The Morgan fingerprint density at radius 1 is 1.20 bits per heavy atom. The van der Waals surface area contributed by atoms with E-state index < -0.39 is 6.03 Å². The van der Waals surface area contributed by atoms with Gasteiger partial charge in [-0.1, -0.05) is 0 Å². The summed E-state index contributed by atoms with van der Waals surface area (Å²) in [7, 11) is 0. The van der Waals surface area contributed by atoms with Gasteiger partial charge in [-0.2, -0.15) is 0 Å². The minimum atomic E-state index is -0.772. The summed E-state index contributed by atoms with van der Waals surface area (Å²) in [5, 5.41) is 2.16. The highest BCUT2D eigenvalue weighted by Crippen LogP contribution is 2.21. The Balaban J connectivity index is 1.72. The average Bonchev–Trinajstić information content (AvgIpc) is 2.91. The molecule has 3 N–H and O–H groups in total. The van der Waals surface area contributed by atoms with Crippen LogP contribution < -0.4 is 11.1 Å². The van der Waals surface area contributed by atoms with Gasteiger partial charge in [-0.05, 0) is 64.7 Å². The van der Waals surface area contributed by atoms with Gasteiger partial charge in [0.05, 0.1) is 6.04 Å². The third-order valence-electron chi connectivity index (χ3n) is 4.54. The molecule has 2 heterocycles. The van der Waals surface area contributed by atoms with Crippen molar-refractivity contribution in [2.24, 2.45) is 11.7 Å². The second-order valence-electron chi connectivity index (χ2n) is 6.02. The number of rotatable bonds is 4. The fraction of sp³-hybridized carbons (Fsp3) is 0.857. The van der Waals surface area contributed by atoms with E-state index in [9.17, 15) is 9.59 Å². The lowest BCUT2D eigenvalue weighted by Gasteiger charge is -2.36. The van der Waals surface area contributed by atoms with E-state index in [1.165, 1.54) is 32.5 Å². The highest BCUT2D eigenvalue weighted by Gasteiger charge is 2.28. The molecule has 0 aromatic heterocycles. The van der Waals surface area contributed by atoms with Crippen molar-refractivity contribution in [1.29, 1.82) is 0 Å². The molecule has 0 aromatic rings. The van der Waals surface area contributed by atoms with Crippen LogP contribution in [0.1, 0.15) is 32.6 Å².